The van der Waals surface area contributed by atoms with Gasteiger partial charge < -0.3 is 20.1 Å². The summed E-state index contributed by atoms with van der Waals surface area (Å²) in [6.45, 7) is 2.72. The molecule has 0 saturated carbocycles. The predicted molar refractivity (Wildman–Crippen MR) is 159 cm³/mol. The minimum Gasteiger partial charge on any atom is -0.478 e. The number of carboxylic acids is 1. The quantitative estimate of drug-likeness (QED) is 0.427. The summed E-state index contributed by atoms with van der Waals surface area (Å²) in [6.07, 6.45) is 2.14. The Balaban J connectivity index is 1.17. The number of nitrogens with zero attached hydrogens (tertiary/aromatic N) is 2. The van der Waals surface area contributed by atoms with Crippen LogP contribution in [0.15, 0.2) is 90.5 Å². The summed E-state index contributed by atoms with van der Waals surface area (Å²) in [7, 11) is 0. The Bertz CT molecular complexity index is 1460. The van der Waals surface area contributed by atoms with Gasteiger partial charge in [-0.15, -0.1) is 0 Å². The van der Waals surface area contributed by atoms with E-state index in [1.54, 1.807) is 11.0 Å². The molecule has 0 spiro atoms. The van der Waals surface area contributed by atoms with Gasteiger partial charge >= 0.3 is 12.1 Å². The van der Waals surface area contributed by atoms with Crippen LogP contribution < -0.4 is 5.32 Å². The lowest BCUT2D eigenvalue weighted by Crippen LogP contribution is -2.64. The van der Waals surface area contributed by atoms with Crippen molar-refractivity contribution in [3.63, 3.8) is 0 Å². The van der Waals surface area contributed by atoms with Crippen molar-refractivity contribution in [1.29, 1.82) is 0 Å². The van der Waals surface area contributed by atoms with E-state index >= 15 is 0 Å². The van der Waals surface area contributed by atoms with Gasteiger partial charge in [-0.1, -0.05) is 84.9 Å². The molecule has 2 heterocycles. The highest BCUT2D eigenvalue weighted by Crippen LogP contribution is 2.44. The minimum atomic E-state index is -1.12. The molecule has 2 N–H and O–H groups in total. The zero-order valence-corrected chi connectivity index (χ0v) is 23.5. The SMILES string of the molecule is O=C(NC1(C(=O)N2CC=C(C(=O)O)CC2)CCN(Cc2ccccc2)CC1)OCC1c2ccccc2-c2ccccc21. The number of amides is 2. The standard InChI is InChI=1S/C34H35N3O5/c38-31(39)25-14-18-37(19-15-25)32(40)34(16-20-36(21-17-34)22-24-8-2-1-3-9-24)35-33(41)42-23-30-28-12-6-4-10-26(28)27-11-5-7-13-29(27)30/h1-14,30H,15-23H2,(H,35,41)(H,38,39). The lowest BCUT2D eigenvalue weighted by atomic mass is 9.85. The first-order chi connectivity index (χ1) is 20.4. The summed E-state index contributed by atoms with van der Waals surface area (Å²) >= 11 is 0. The monoisotopic (exact) mass is 565 g/mol. The molecule has 3 aromatic rings. The van der Waals surface area contributed by atoms with E-state index in [4.69, 9.17) is 4.74 Å². The number of ether oxygens (including phenoxy) is 1. The van der Waals surface area contributed by atoms with Crippen molar-refractivity contribution in [1.82, 2.24) is 15.1 Å². The maximum atomic E-state index is 14.0. The Morgan fingerprint density at radius 3 is 2.07 bits per heavy atom. The third kappa shape index (κ3) is 5.54. The molecule has 2 amide bonds. The highest BCUT2D eigenvalue weighted by atomic mass is 16.5. The van der Waals surface area contributed by atoms with Crippen LogP contribution in [0.1, 0.15) is 41.9 Å². The van der Waals surface area contributed by atoms with Crippen LogP contribution in [-0.2, 0) is 20.9 Å². The van der Waals surface area contributed by atoms with Crippen molar-refractivity contribution in [2.75, 3.05) is 32.8 Å². The summed E-state index contributed by atoms with van der Waals surface area (Å²) in [6, 6.07) is 26.5. The van der Waals surface area contributed by atoms with Crippen LogP contribution in [0.2, 0.25) is 0 Å². The maximum Gasteiger partial charge on any atom is 0.408 e. The lowest BCUT2D eigenvalue weighted by Gasteiger charge is -2.43. The van der Waals surface area contributed by atoms with Gasteiger partial charge in [0.25, 0.3) is 0 Å². The van der Waals surface area contributed by atoms with E-state index in [1.807, 2.05) is 42.5 Å². The molecule has 6 rings (SSSR count). The number of nitrogens with one attached hydrogen (secondary N) is 1. The van der Waals surface area contributed by atoms with Gasteiger partial charge in [0.05, 0.1) is 0 Å². The number of rotatable bonds is 7. The van der Waals surface area contributed by atoms with E-state index in [0.717, 1.165) is 28.8 Å². The number of carboxylic acid groups (broad SMARTS) is 1. The summed E-state index contributed by atoms with van der Waals surface area (Å²) in [4.78, 5) is 42.7. The molecular weight excluding hydrogens is 530 g/mol. The molecule has 8 heteroatoms. The second-order valence-corrected chi connectivity index (χ2v) is 11.3. The van der Waals surface area contributed by atoms with Gasteiger partial charge in [0.15, 0.2) is 0 Å². The number of fused-ring (bicyclic) bond motifs is 3. The van der Waals surface area contributed by atoms with Crippen molar-refractivity contribution >= 4 is 18.0 Å². The largest absolute Gasteiger partial charge is 0.478 e. The van der Waals surface area contributed by atoms with Crippen molar-refractivity contribution < 1.29 is 24.2 Å². The Morgan fingerprint density at radius 1 is 0.857 bits per heavy atom. The Labute approximate surface area is 245 Å². The third-order valence-electron chi connectivity index (χ3n) is 8.82. The predicted octanol–water partition coefficient (Wildman–Crippen LogP) is 4.80. The molecule has 1 fully saturated rings. The molecule has 0 radical (unpaired) electrons. The zero-order chi connectivity index (χ0) is 29.1. The fourth-order valence-corrected chi connectivity index (χ4v) is 6.51. The normalized spacial score (nSPS) is 18.0. The number of aliphatic carboxylic acids is 1. The zero-order valence-electron chi connectivity index (χ0n) is 23.5. The first-order valence-electron chi connectivity index (χ1n) is 14.5. The average molecular weight is 566 g/mol. The van der Waals surface area contributed by atoms with Crippen molar-refractivity contribution in [3.8, 4) is 11.1 Å². The van der Waals surface area contributed by atoms with Crippen LogP contribution in [0.4, 0.5) is 4.79 Å². The number of piperidine rings is 1. The maximum absolute atomic E-state index is 14.0. The third-order valence-corrected chi connectivity index (χ3v) is 8.82. The van der Waals surface area contributed by atoms with Gasteiger partial charge in [-0.05, 0) is 47.1 Å². The molecule has 1 saturated heterocycles. The van der Waals surface area contributed by atoms with E-state index in [1.165, 1.54) is 5.56 Å². The van der Waals surface area contributed by atoms with Gasteiger partial charge in [0, 0.05) is 44.2 Å². The number of hydrogen-bond donors (Lipinski definition) is 2. The first kappa shape index (κ1) is 27.7. The second kappa shape index (κ2) is 11.8. The molecule has 2 aliphatic heterocycles. The molecule has 0 aromatic heterocycles. The Morgan fingerprint density at radius 2 is 1.48 bits per heavy atom. The minimum absolute atomic E-state index is 0.0795. The molecule has 0 atom stereocenters. The second-order valence-electron chi connectivity index (χ2n) is 11.3. The number of carbonyl (C=O) groups excluding carboxylic acids is 2. The number of likely N-dealkylation sites (tertiary alicyclic amines) is 1. The van der Waals surface area contributed by atoms with E-state index in [-0.39, 0.29) is 31.4 Å². The molecule has 3 aromatic carbocycles. The molecule has 216 valence electrons. The summed E-state index contributed by atoms with van der Waals surface area (Å²) in [5.41, 5.74) is 4.95. The van der Waals surface area contributed by atoms with Gasteiger partial charge in [0.2, 0.25) is 5.91 Å². The van der Waals surface area contributed by atoms with Gasteiger partial charge in [-0.2, -0.15) is 0 Å². The molecular formula is C34H35N3O5. The number of hydrogen-bond acceptors (Lipinski definition) is 5. The Kier molecular flexibility index (Phi) is 7.80. The van der Waals surface area contributed by atoms with Gasteiger partial charge in [0.1, 0.15) is 12.1 Å². The van der Waals surface area contributed by atoms with Crippen LogP contribution in [0.3, 0.4) is 0 Å². The van der Waals surface area contributed by atoms with Crippen LogP contribution in [0.5, 0.6) is 0 Å². The molecule has 3 aliphatic rings. The fourth-order valence-electron chi connectivity index (χ4n) is 6.51. The van der Waals surface area contributed by atoms with Crippen LogP contribution >= 0.6 is 0 Å². The highest BCUT2D eigenvalue weighted by molar-refractivity contribution is 5.92. The fraction of sp³-hybridized carbons (Fsp3) is 0.324. The molecule has 0 unspecified atom stereocenters. The van der Waals surface area contributed by atoms with Crippen molar-refractivity contribution in [2.45, 2.75) is 37.3 Å². The van der Waals surface area contributed by atoms with Crippen LogP contribution in [0, 0.1) is 0 Å². The van der Waals surface area contributed by atoms with Crippen molar-refractivity contribution in [3.05, 3.63) is 107 Å². The van der Waals surface area contributed by atoms with E-state index < -0.39 is 17.6 Å². The van der Waals surface area contributed by atoms with Crippen LogP contribution in [-0.4, -0.2) is 71.2 Å². The van der Waals surface area contributed by atoms with Crippen LogP contribution in [0.25, 0.3) is 11.1 Å². The first-order valence-corrected chi connectivity index (χ1v) is 14.5. The summed E-state index contributed by atoms with van der Waals surface area (Å²) in [5.74, 6) is -1.22. The molecule has 0 bridgehead atoms. The smallest absolute Gasteiger partial charge is 0.408 e. The van der Waals surface area contributed by atoms with E-state index in [0.29, 0.717) is 38.0 Å². The van der Waals surface area contributed by atoms with Gasteiger partial charge in [-0.25, -0.2) is 9.59 Å². The molecule has 1 aliphatic carbocycles. The number of benzene rings is 3. The molecule has 42 heavy (non-hydrogen) atoms. The number of alkyl carbamates (subject to hydrolysis) is 1. The topological polar surface area (TPSA) is 99.2 Å². The lowest BCUT2D eigenvalue weighted by molar-refractivity contribution is -0.141. The van der Waals surface area contributed by atoms with Crippen molar-refractivity contribution in [2.24, 2.45) is 0 Å². The van der Waals surface area contributed by atoms with E-state index in [9.17, 15) is 19.5 Å². The molecule has 8 nitrogen and oxygen atoms in total. The summed E-state index contributed by atoms with van der Waals surface area (Å²) in [5, 5.41) is 12.4. The summed E-state index contributed by atoms with van der Waals surface area (Å²) < 4.78 is 5.85. The van der Waals surface area contributed by atoms with Gasteiger partial charge in [-0.3, -0.25) is 9.69 Å². The Hall–Kier alpha value is -4.43. The number of carbonyl (C=O) groups is 3. The average Bonchev–Trinajstić information content (AvgIpc) is 3.35. The van der Waals surface area contributed by atoms with E-state index in [2.05, 4.69) is 46.6 Å². The highest BCUT2D eigenvalue weighted by Gasteiger charge is 2.46.